The summed E-state index contributed by atoms with van der Waals surface area (Å²) in [5.41, 5.74) is -0.0245. The van der Waals surface area contributed by atoms with Crippen molar-refractivity contribution < 1.29 is 14.0 Å². The van der Waals surface area contributed by atoms with Crippen molar-refractivity contribution in [3.63, 3.8) is 0 Å². The van der Waals surface area contributed by atoms with Crippen molar-refractivity contribution in [1.82, 2.24) is 9.88 Å². The molecular formula is C20H21FN2O3. The quantitative estimate of drug-likeness (QED) is 0.809. The number of nitrogens with zero attached hydrogens (tertiary/aromatic N) is 1. The maximum Gasteiger partial charge on any atom is 0.263 e. The molecule has 1 aromatic carbocycles. The Bertz CT molecular complexity index is 900. The first kappa shape index (κ1) is 18.0. The van der Waals surface area contributed by atoms with E-state index in [1.807, 2.05) is 0 Å². The van der Waals surface area contributed by atoms with Gasteiger partial charge in [-0.3, -0.25) is 14.4 Å². The Balaban J connectivity index is 1.99. The number of aromatic nitrogens is 1. The smallest absolute Gasteiger partial charge is 0.263 e. The number of nitrogens with one attached hydrogen (secondary N) is 1. The van der Waals surface area contributed by atoms with Crippen LogP contribution in [0.25, 0.3) is 0 Å². The number of ketones is 1. The van der Waals surface area contributed by atoms with Gasteiger partial charge in [0.25, 0.3) is 11.5 Å². The fourth-order valence-electron chi connectivity index (χ4n) is 3.09. The van der Waals surface area contributed by atoms with E-state index in [-0.39, 0.29) is 17.9 Å². The molecule has 0 bridgehead atoms. The van der Waals surface area contributed by atoms with Crippen molar-refractivity contribution in [3.05, 3.63) is 69.4 Å². The maximum atomic E-state index is 14.0. The van der Waals surface area contributed by atoms with E-state index in [2.05, 4.69) is 5.32 Å². The van der Waals surface area contributed by atoms with Gasteiger partial charge in [0, 0.05) is 30.8 Å². The lowest BCUT2D eigenvalue weighted by molar-refractivity contribution is 0.0935. The zero-order valence-electron chi connectivity index (χ0n) is 14.6. The van der Waals surface area contributed by atoms with Crippen LogP contribution in [-0.2, 0) is 6.54 Å². The second-order valence-corrected chi connectivity index (χ2v) is 6.67. The van der Waals surface area contributed by atoms with Crippen LogP contribution in [0.2, 0.25) is 0 Å². The van der Waals surface area contributed by atoms with E-state index in [9.17, 15) is 18.8 Å². The van der Waals surface area contributed by atoms with Crippen LogP contribution in [0.5, 0.6) is 0 Å². The molecule has 1 aliphatic carbocycles. The molecule has 26 heavy (non-hydrogen) atoms. The summed E-state index contributed by atoms with van der Waals surface area (Å²) in [5, 5.41) is 2.42. The van der Waals surface area contributed by atoms with Crippen molar-refractivity contribution in [2.24, 2.45) is 5.92 Å². The van der Waals surface area contributed by atoms with Gasteiger partial charge in [-0.05, 0) is 18.1 Å². The number of rotatable bonds is 6. The molecule has 1 aromatic heterocycles. The summed E-state index contributed by atoms with van der Waals surface area (Å²) in [4.78, 5) is 37.3. The maximum absolute atomic E-state index is 14.0. The number of benzene rings is 1. The van der Waals surface area contributed by atoms with Crippen LogP contribution < -0.4 is 10.9 Å². The zero-order chi connectivity index (χ0) is 18.7. The first-order valence-electron chi connectivity index (χ1n) is 8.72. The molecule has 0 spiro atoms. The largest absolute Gasteiger partial charge is 0.355 e. The Morgan fingerprint density at radius 2 is 2.00 bits per heavy atom. The molecule has 1 saturated carbocycles. The zero-order valence-corrected chi connectivity index (χ0v) is 14.6. The molecule has 5 nitrogen and oxygen atoms in total. The van der Waals surface area contributed by atoms with Crippen LogP contribution in [0.1, 0.15) is 52.0 Å². The van der Waals surface area contributed by atoms with Gasteiger partial charge in [-0.15, -0.1) is 0 Å². The molecule has 1 amide bonds. The van der Waals surface area contributed by atoms with Crippen LogP contribution in [0.4, 0.5) is 4.39 Å². The van der Waals surface area contributed by atoms with Gasteiger partial charge < -0.3 is 9.88 Å². The second-order valence-electron chi connectivity index (χ2n) is 6.67. The Labute approximate surface area is 150 Å². The van der Waals surface area contributed by atoms with Crippen molar-refractivity contribution >= 4 is 11.7 Å². The lowest BCUT2D eigenvalue weighted by Gasteiger charge is -2.24. The highest BCUT2D eigenvalue weighted by molar-refractivity contribution is 6.00. The third kappa shape index (κ3) is 3.74. The minimum Gasteiger partial charge on any atom is -0.355 e. The number of halogens is 1. The second kappa shape index (κ2) is 7.64. The summed E-state index contributed by atoms with van der Waals surface area (Å²) in [6, 6.07) is 7.47. The number of pyridine rings is 1. The average molecular weight is 356 g/mol. The lowest BCUT2D eigenvalue weighted by Crippen LogP contribution is -2.32. The molecular weight excluding hydrogens is 335 g/mol. The summed E-state index contributed by atoms with van der Waals surface area (Å²) < 4.78 is 15.2. The summed E-state index contributed by atoms with van der Waals surface area (Å²) >= 11 is 0. The molecule has 1 fully saturated rings. The monoisotopic (exact) mass is 356 g/mol. The van der Waals surface area contributed by atoms with Gasteiger partial charge in [0.05, 0.1) is 6.54 Å². The van der Waals surface area contributed by atoms with Gasteiger partial charge >= 0.3 is 0 Å². The normalized spacial score (nSPS) is 13.9. The van der Waals surface area contributed by atoms with E-state index >= 15 is 0 Å². The SMILES string of the molecule is CNC(=O)c1cc(C(=O)CC2CCC2)cn(Cc2ccccc2F)c1=O. The standard InChI is InChI=1S/C20H21FN2O3/c1-22-19(25)16-10-15(18(24)9-13-5-4-6-13)12-23(20(16)26)11-14-7-2-3-8-17(14)21/h2-3,7-8,10,12-13H,4-6,9,11H2,1H3,(H,22,25). The Kier molecular flexibility index (Phi) is 5.30. The Morgan fingerprint density at radius 3 is 2.62 bits per heavy atom. The molecule has 0 atom stereocenters. The lowest BCUT2D eigenvalue weighted by atomic mass is 9.81. The minimum atomic E-state index is -0.560. The van der Waals surface area contributed by atoms with E-state index in [4.69, 9.17) is 0 Å². The molecule has 6 heteroatoms. The number of carbonyl (C=O) groups is 2. The molecule has 0 radical (unpaired) electrons. The minimum absolute atomic E-state index is 0.0416. The van der Waals surface area contributed by atoms with Crippen LogP contribution in [0.3, 0.4) is 0 Å². The molecule has 1 N–H and O–H groups in total. The molecule has 136 valence electrons. The van der Waals surface area contributed by atoms with Gasteiger partial charge in [0.15, 0.2) is 5.78 Å². The van der Waals surface area contributed by atoms with E-state index in [1.54, 1.807) is 18.2 Å². The van der Waals surface area contributed by atoms with Crippen molar-refractivity contribution in [3.8, 4) is 0 Å². The number of carbonyl (C=O) groups excluding carboxylic acids is 2. The van der Waals surface area contributed by atoms with E-state index in [1.165, 1.54) is 29.9 Å². The Morgan fingerprint density at radius 1 is 1.27 bits per heavy atom. The van der Waals surface area contributed by atoms with Crippen molar-refractivity contribution in [2.45, 2.75) is 32.2 Å². The van der Waals surface area contributed by atoms with Crippen LogP contribution in [0, 0.1) is 11.7 Å². The first-order chi connectivity index (χ1) is 12.5. The van der Waals surface area contributed by atoms with E-state index in [0.29, 0.717) is 23.5 Å². The summed E-state index contributed by atoms with van der Waals surface area (Å²) in [6.45, 7) is -0.0416. The fraction of sp³-hybridized carbons (Fsp3) is 0.350. The third-order valence-electron chi connectivity index (χ3n) is 4.88. The van der Waals surface area contributed by atoms with Crippen LogP contribution >= 0.6 is 0 Å². The summed E-state index contributed by atoms with van der Waals surface area (Å²) in [5.74, 6) is -0.720. The molecule has 0 unspecified atom stereocenters. The van der Waals surface area contributed by atoms with E-state index < -0.39 is 17.3 Å². The van der Waals surface area contributed by atoms with Gasteiger partial charge in [-0.1, -0.05) is 37.5 Å². The van der Waals surface area contributed by atoms with Gasteiger partial charge in [-0.2, -0.15) is 0 Å². The molecule has 1 heterocycles. The Hall–Kier alpha value is -2.76. The molecule has 2 aromatic rings. The molecule has 0 aliphatic heterocycles. The predicted molar refractivity (Wildman–Crippen MR) is 95.9 cm³/mol. The van der Waals surface area contributed by atoms with Crippen LogP contribution in [0.15, 0.2) is 41.3 Å². The summed E-state index contributed by atoms with van der Waals surface area (Å²) in [6.07, 6.45) is 5.04. The average Bonchev–Trinajstić information content (AvgIpc) is 2.60. The highest BCUT2D eigenvalue weighted by Crippen LogP contribution is 2.30. The van der Waals surface area contributed by atoms with Gasteiger partial charge in [0.1, 0.15) is 11.4 Å². The highest BCUT2D eigenvalue weighted by atomic mass is 19.1. The van der Waals surface area contributed by atoms with Gasteiger partial charge in [-0.25, -0.2) is 4.39 Å². The first-order valence-corrected chi connectivity index (χ1v) is 8.72. The third-order valence-corrected chi connectivity index (χ3v) is 4.88. The highest BCUT2D eigenvalue weighted by Gasteiger charge is 2.23. The number of hydrogen-bond acceptors (Lipinski definition) is 3. The van der Waals surface area contributed by atoms with Crippen LogP contribution in [-0.4, -0.2) is 23.3 Å². The van der Waals surface area contributed by atoms with Crippen molar-refractivity contribution in [2.75, 3.05) is 7.05 Å². The van der Waals surface area contributed by atoms with E-state index in [0.717, 1.165) is 19.3 Å². The molecule has 1 aliphatic rings. The predicted octanol–water partition coefficient (Wildman–Crippen LogP) is 2.77. The summed E-state index contributed by atoms with van der Waals surface area (Å²) in [7, 11) is 1.42. The van der Waals surface area contributed by atoms with Crippen molar-refractivity contribution in [1.29, 1.82) is 0 Å². The van der Waals surface area contributed by atoms with Gasteiger partial charge in [0.2, 0.25) is 0 Å². The number of amides is 1. The molecule has 0 saturated heterocycles. The topological polar surface area (TPSA) is 68.2 Å². The number of hydrogen-bond donors (Lipinski definition) is 1. The molecule has 3 rings (SSSR count). The fourth-order valence-corrected chi connectivity index (χ4v) is 3.09. The number of Topliss-reactive ketones (excluding diaryl/α,β-unsaturated/α-hetero) is 1.